The lowest BCUT2D eigenvalue weighted by molar-refractivity contribution is -0.140. The van der Waals surface area contributed by atoms with Gasteiger partial charge in [0, 0.05) is 66.0 Å². The van der Waals surface area contributed by atoms with Crippen molar-refractivity contribution in [3.05, 3.63) is 12.7 Å². The number of hydrogen-bond acceptors (Lipinski definition) is 9. The first-order valence-electron chi connectivity index (χ1n) is 13.8. The van der Waals surface area contributed by atoms with E-state index in [1.165, 1.54) is 0 Å². The van der Waals surface area contributed by atoms with E-state index >= 15 is 0 Å². The highest BCUT2D eigenvalue weighted by Crippen LogP contribution is 2.01. The molecule has 1 fully saturated rings. The van der Waals surface area contributed by atoms with Gasteiger partial charge in [0.1, 0.15) is 6.29 Å². The van der Waals surface area contributed by atoms with E-state index in [0.717, 1.165) is 19.8 Å². The summed E-state index contributed by atoms with van der Waals surface area (Å²) in [5.74, 6) is -1.97. The molecule has 1 amide bonds. The molecule has 0 spiro atoms. The minimum absolute atomic E-state index is 0.0803. The van der Waals surface area contributed by atoms with E-state index in [2.05, 4.69) is 11.9 Å². The second kappa shape index (κ2) is 33.6. The SMILES string of the molecule is C=CC.CC.CC.CCCNC(=O)CN1CCN(CC=O)CCN(CC(=O)O)CCN(CC(=O)O)CC1.CO. The van der Waals surface area contributed by atoms with Crippen molar-refractivity contribution >= 4 is 24.1 Å². The van der Waals surface area contributed by atoms with Crippen molar-refractivity contribution in [2.45, 2.75) is 48.0 Å². The summed E-state index contributed by atoms with van der Waals surface area (Å²) in [5, 5.41) is 28.2. The fraction of sp³-hybridized carbons (Fsp3) is 0.778. The summed E-state index contributed by atoms with van der Waals surface area (Å²) in [5.41, 5.74) is 0. The monoisotopic (exact) mass is 563 g/mol. The van der Waals surface area contributed by atoms with E-state index in [9.17, 15) is 24.3 Å². The molecule has 0 aliphatic carbocycles. The van der Waals surface area contributed by atoms with Gasteiger partial charge in [-0.15, -0.1) is 6.58 Å². The molecule has 1 aliphatic rings. The van der Waals surface area contributed by atoms with Crippen LogP contribution in [0.3, 0.4) is 0 Å². The molecular weight excluding hydrogens is 506 g/mol. The van der Waals surface area contributed by atoms with Crippen LogP contribution in [0.5, 0.6) is 0 Å². The number of allylic oxidation sites excluding steroid dienone is 1. The first-order chi connectivity index (χ1) is 18.7. The summed E-state index contributed by atoms with van der Waals surface area (Å²) in [6.07, 6.45) is 3.42. The third-order valence-corrected chi connectivity index (χ3v) is 4.92. The van der Waals surface area contributed by atoms with Gasteiger partial charge >= 0.3 is 11.9 Å². The molecule has 232 valence electrons. The van der Waals surface area contributed by atoms with E-state index in [4.69, 9.17) is 10.2 Å². The molecule has 1 heterocycles. The fourth-order valence-corrected chi connectivity index (χ4v) is 3.25. The predicted octanol–water partition coefficient (Wildman–Crippen LogP) is 0.956. The number of aliphatic hydroxyl groups excluding tert-OH is 1. The zero-order chi connectivity index (χ0) is 31.1. The zero-order valence-electron chi connectivity index (χ0n) is 25.5. The lowest BCUT2D eigenvalue weighted by Crippen LogP contribution is -2.49. The van der Waals surface area contributed by atoms with Crippen LogP contribution < -0.4 is 5.32 Å². The molecule has 4 N–H and O–H groups in total. The summed E-state index contributed by atoms with van der Waals surface area (Å²) in [4.78, 5) is 53.0. The Hall–Kier alpha value is -2.38. The van der Waals surface area contributed by atoms with Crippen molar-refractivity contribution in [2.24, 2.45) is 0 Å². The fourth-order valence-electron chi connectivity index (χ4n) is 3.25. The van der Waals surface area contributed by atoms with Crippen LogP contribution in [0.1, 0.15) is 48.0 Å². The van der Waals surface area contributed by atoms with Crippen LogP contribution in [-0.4, -0.2) is 151 Å². The average molecular weight is 564 g/mol. The quantitative estimate of drug-likeness (QED) is 0.222. The van der Waals surface area contributed by atoms with Gasteiger partial charge in [-0.25, -0.2) is 0 Å². The molecule has 0 radical (unpaired) electrons. The van der Waals surface area contributed by atoms with Crippen molar-refractivity contribution in [3.8, 4) is 0 Å². The number of aliphatic hydroxyl groups is 1. The van der Waals surface area contributed by atoms with Crippen molar-refractivity contribution in [2.75, 3.05) is 92.2 Å². The van der Waals surface area contributed by atoms with Crippen LogP contribution in [0.4, 0.5) is 0 Å². The lowest BCUT2D eigenvalue weighted by Gasteiger charge is -2.32. The highest BCUT2D eigenvalue weighted by molar-refractivity contribution is 5.78. The molecule has 1 aliphatic heterocycles. The second-order valence-corrected chi connectivity index (χ2v) is 7.84. The molecule has 0 saturated carbocycles. The molecular formula is C27H57N5O7. The molecule has 1 rings (SSSR count). The van der Waals surface area contributed by atoms with Gasteiger partial charge in [0.25, 0.3) is 0 Å². The van der Waals surface area contributed by atoms with E-state index in [1.54, 1.807) is 15.9 Å². The number of carbonyl (C=O) groups excluding carboxylic acids is 2. The van der Waals surface area contributed by atoms with Crippen LogP contribution in [-0.2, 0) is 19.2 Å². The molecule has 12 nitrogen and oxygen atoms in total. The lowest BCUT2D eigenvalue weighted by atomic mass is 10.3. The maximum absolute atomic E-state index is 12.2. The number of aliphatic carboxylic acids is 2. The Kier molecular flexibility index (Phi) is 37.7. The Morgan fingerprint density at radius 1 is 0.744 bits per heavy atom. The van der Waals surface area contributed by atoms with Crippen LogP contribution >= 0.6 is 0 Å². The first-order valence-corrected chi connectivity index (χ1v) is 13.8. The van der Waals surface area contributed by atoms with Crippen molar-refractivity contribution in [3.63, 3.8) is 0 Å². The number of hydrogen-bond donors (Lipinski definition) is 4. The normalized spacial score (nSPS) is 15.3. The van der Waals surface area contributed by atoms with Crippen molar-refractivity contribution in [1.29, 1.82) is 0 Å². The van der Waals surface area contributed by atoms with Gasteiger partial charge in [0.05, 0.1) is 26.2 Å². The standard InChI is InChI=1S/C19H35N5O6.C3H6.2C2H6.CH4O/c1-2-3-20-17(26)14-22-6-4-21(12-13-25)5-7-23(15-18(27)28)10-11-24(9-8-22)16-19(29)30;1-3-2;3*1-2/h13H,2-12,14-16H2,1H3,(H,20,26)(H,27,28)(H,29,30);3H,1H2,2H3;2*1-2H3;2H,1H3. The van der Waals surface area contributed by atoms with Crippen molar-refractivity contribution in [1.82, 2.24) is 24.9 Å². The maximum Gasteiger partial charge on any atom is 0.317 e. The zero-order valence-corrected chi connectivity index (χ0v) is 25.5. The number of amides is 1. The number of rotatable bonds is 10. The smallest absolute Gasteiger partial charge is 0.317 e. The topological polar surface area (TPSA) is 154 Å². The van der Waals surface area contributed by atoms with Crippen LogP contribution in [0.15, 0.2) is 12.7 Å². The van der Waals surface area contributed by atoms with E-state index in [1.807, 2.05) is 51.3 Å². The third kappa shape index (κ3) is 30.0. The molecule has 0 aromatic heterocycles. The molecule has 12 heteroatoms. The number of nitrogens with one attached hydrogen (secondary N) is 1. The van der Waals surface area contributed by atoms with Gasteiger partial charge in [0.2, 0.25) is 5.91 Å². The first kappa shape index (κ1) is 43.7. The van der Waals surface area contributed by atoms with Gasteiger partial charge in [-0.05, 0) is 13.3 Å². The van der Waals surface area contributed by atoms with Gasteiger partial charge in [-0.1, -0.05) is 40.7 Å². The Morgan fingerprint density at radius 3 is 1.33 bits per heavy atom. The van der Waals surface area contributed by atoms with Gasteiger partial charge in [-0.3, -0.25) is 34.0 Å². The molecule has 0 aromatic carbocycles. The number of aldehydes is 1. The Bertz CT molecular complexity index is 609. The van der Waals surface area contributed by atoms with Crippen LogP contribution in [0.25, 0.3) is 0 Å². The molecule has 0 aromatic rings. The Morgan fingerprint density at radius 2 is 1.05 bits per heavy atom. The highest BCUT2D eigenvalue weighted by atomic mass is 16.4. The van der Waals surface area contributed by atoms with E-state index in [-0.39, 0.29) is 32.1 Å². The van der Waals surface area contributed by atoms with Gasteiger partial charge in [-0.2, -0.15) is 0 Å². The largest absolute Gasteiger partial charge is 0.480 e. The predicted molar refractivity (Wildman–Crippen MR) is 157 cm³/mol. The van der Waals surface area contributed by atoms with Crippen molar-refractivity contribution < 1.29 is 34.5 Å². The van der Waals surface area contributed by atoms with E-state index < -0.39 is 11.9 Å². The summed E-state index contributed by atoms with van der Waals surface area (Å²) >= 11 is 0. The van der Waals surface area contributed by atoms with Crippen LogP contribution in [0.2, 0.25) is 0 Å². The second-order valence-electron chi connectivity index (χ2n) is 7.84. The summed E-state index contributed by atoms with van der Waals surface area (Å²) in [6.45, 7) is 19.8. The van der Waals surface area contributed by atoms with Crippen LogP contribution in [0, 0.1) is 0 Å². The number of carboxylic acid groups (broad SMARTS) is 2. The van der Waals surface area contributed by atoms with Gasteiger partial charge in [0.15, 0.2) is 0 Å². The third-order valence-electron chi connectivity index (χ3n) is 4.92. The molecule has 0 atom stereocenters. The summed E-state index contributed by atoms with van der Waals surface area (Å²) in [7, 11) is 1.00. The summed E-state index contributed by atoms with van der Waals surface area (Å²) < 4.78 is 0. The molecule has 1 saturated heterocycles. The number of carboxylic acids is 2. The minimum atomic E-state index is -0.948. The molecule has 0 unspecified atom stereocenters. The Balaban J connectivity index is -0.000000607. The number of carbonyl (C=O) groups is 4. The number of nitrogens with zero attached hydrogens (tertiary/aromatic N) is 4. The average Bonchev–Trinajstić information content (AvgIpc) is 2.92. The molecule has 39 heavy (non-hydrogen) atoms. The minimum Gasteiger partial charge on any atom is -0.480 e. The molecule has 0 bridgehead atoms. The highest BCUT2D eigenvalue weighted by Gasteiger charge is 2.20. The maximum atomic E-state index is 12.2. The van der Waals surface area contributed by atoms with Gasteiger partial charge < -0.3 is 25.4 Å². The van der Waals surface area contributed by atoms with E-state index in [0.29, 0.717) is 58.9 Å². The Labute approximate surface area is 236 Å². The summed E-state index contributed by atoms with van der Waals surface area (Å²) in [6, 6.07) is 0.